The molecular formula is C23H30N2O2. The summed E-state index contributed by atoms with van der Waals surface area (Å²) in [5.41, 5.74) is 1.94. The van der Waals surface area contributed by atoms with E-state index in [1.54, 1.807) is 0 Å². The van der Waals surface area contributed by atoms with E-state index in [9.17, 15) is 5.11 Å². The highest BCUT2D eigenvalue weighted by Gasteiger charge is 2.42. The zero-order valence-corrected chi connectivity index (χ0v) is 16.2. The van der Waals surface area contributed by atoms with Gasteiger partial charge in [-0.15, -0.1) is 0 Å². The first kappa shape index (κ1) is 17.4. The summed E-state index contributed by atoms with van der Waals surface area (Å²) < 4.78 is 5.98. The van der Waals surface area contributed by atoms with Crippen LogP contribution in [0.5, 0.6) is 5.75 Å². The van der Waals surface area contributed by atoms with Crippen LogP contribution >= 0.6 is 0 Å². The molecule has 0 amide bonds. The number of hydrogen-bond donors (Lipinski definition) is 1. The normalized spacial score (nSPS) is 31.2. The van der Waals surface area contributed by atoms with Crippen molar-refractivity contribution < 1.29 is 9.84 Å². The van der Waals surface area contributed by atoms with Crippen LogP contribution in [0.4, 0.5) is 0 Å². The topological polar surface area (TPSA) is 45.6 Å². The lowest BCUT2D eigenvalue weighted by Gasteiger charge is -2.51. The second-order valence-corrected chi connectivity index (χ2v) is 8.79. The van der Waals surface area contributed by atoms with E-state index in [4.69, 9.17) is 4.74 Å². The summed E-state index contributed by atoms with van der Waals surface area (Å²) in [6, 6.07) is 8.33. The van der Waals surface area contributed by atoms with E-state index >= 15 is 0 Å². The molecule has 5 atom stereocenters. The summed E-state index contributed by atoms with van der Waals surface area (Å²) in [7, 11) is 0. The van der Waals surface area contributed by atoms with E-state index in [2.05, 4.69) is 22.9 Å². The Labute approximate surface area is 161 Å². The molecule has 0 spiro atoms. The Morgan fingerprint density at radius 2 is 2.15 bits per heavy atom. The number of benzene rings is 1. The summed E-state index contributed by atoms with van der Waals surface area (Å²) in [4.78, 5) is 7.04. The first-order valence-electron chi connectivity index (χ1n) is 10.7. The third-order valence-corrected chi connectivity index (χ3v) is 7.07. The van der Waals surface area contributed by atoms with Crippen molar-refractivity contribution in [3.63, 3.8) is 0 Å². The van der Waals surface area contributed by atoms with Crippen LogP contribution in [-0.4, -0.2) is 40.7 Å². The molecule has 27 heavy (non-hydrogen) atoms. The maximum atomic E-state index is 11.3. The number of fused-ring (bicyclic) bond motifs is 4. The van der Waals surface area contributed by atoms with Gasteiger partial charge in [0.2, 0.25) is 0 Å². The first-order valence-corrected chi connectivity index (χ1v) is 10.7. The molecule has 1 aromatic carbocycles. The Balaban J connectivity index is 1.42. The van der Waals surface area contributed by atoms with Crippen molar-refractivity contribution in [2.24, 2.45) is 17.8 Å². The van der Waals surface area contributed by atoms with Gasteiger partial charge in [-0.2, -0.15) is 0 Å². The summed E-state index contributed by atoms with van der Waals surface area (Å²) >= 11 is 0. The van der Waals surface area contributed by atoms with Gasteiger partial charge >= 0.3 is 0 Å². The van der Waals surface area contributed by atoms with Gasteiger partial charge in [-0.25, -0.2) is 0 Å². The molecule has 0 radical (unpaired) electrons. The molecule has 144 valence electrons. The maximum Gasteiger partial charge on any atom is 0.120 e. The molecule has 1 aliphatic carbocycles. The van der Waals surface area contributed by atoms with Gasteiger partial charge in [0.05, 0.1) is 18.2 Å². The average molecular weight is 367 g/mol. The minimum atomic E-state index is -0.463. The summed E-state index contributed by atoms with van der Waals surface area (Å²) in [5.74, 6) is 3.20. The molecule has 6 rings (SSSR count). The van der Waals surface area contributed by atoms with Crippen LogP contribution in [0, 0.1) is 17.8 Å². The van der Waals surface area contributed by atoms with Gasteiger partial charge in [0, 0.05) is 24.2 Å². The molecule has 4 nitrogen and oxygen atoms in total. The van der Waals surface area contributed by atoms with Crippen molar-refractivity contribution in [2.45, 2.75) is 51.2 Å². The fourth-order valence-corrected chi connectivity index (χ4v) is 5.17. The molecule has 4 heteroatoms. The number of piperidine rings is 3. The minimum absolute atomic E-state index is 0.230. The third-order valence-electron chi connectivity index (χ3n) is 7.07. The van der Waals surface area contributed by atoms with Crippen LogP contribution in [-0.2, 0) is 0 Å². The molecule has 1 N–H and O–H groups in total. The van der Waals surface area contributed by atoms with Crippen LogP contribution in [0.3, 0.4) is 0 Å². The van der Waals surface area contributed by atoms with Gasteiger partial charge in [0.1, 0.15) is 5.75 Å². The van der Waals surface area contributed by atoms with Gasteiger partial charge in [-0.05, 0) is 79.8 Å². The van der Waals surface area contributed by atoms with E-state index in [1.165, 1.54) is 25.7 Å². The molecule has 1 unspecified atom stereocenters. The number of aromatic nitrogens is 1. The van der Waals surface area contributed by atoms with Crippen molar-refractivity contribution >= 4 is 10.9 Å². The van der Waals surface area contributed by atoms with Crippen LogP contribution in [0.25, 0.3) is 10.9 Å². The van der Waals surface area contributed by atoms with Crippen molar-refractivity contribution in [1.82, 2.24) is 9.88 Å². The Morgan fingerprint density at radius 1 is 1.26 bits per heavy atom. The van der Waals surface area contributed by atoms with E-state index in [-0.39, 0.29) is 6.04 Å². The molecule has 4 aliphatic rings. The van der Waals surface area contributed by atoms with Crippen LogP contribution in [0.2, 0.25) is 0 Å². The van der Waals surface area contributed by atoms with Crippen LogP contribution in [0.15, 0.2) is 30.5 Å². The highest BCUT2D eigenvalue weighted by molar-refractivity contribution is 5.84. The number of aliphatic hydroxyl groups is 1. The minimum Gasteiger partial charge on any atom is -0.493 e. The van der Waals surface area contributed by atoms with Crippen LogP contribution < -0.4 is 4.74 Å². The highest BCUT2D eigenvalue weighted by atomic mass is 16.5. The summed E-state index contributed by atoms with van der Waals surface area (Å²) in [5, 5.41) is 12.4. The van der Waals surface area contributed by atoms with Crippen molar-refractivity contribution in [1.29, 1.82) is 0 Å². The average Bonchev–Trinajstić information content (AvgIpc) is 3.56. The molecule has 2 bridgehead atoms. The number of ether oxygens (including phenoxy) is 1. The Morgan fingerprint density at radius 3 is 2.89 bits per heavy atom. The van der Waals surface area contributed by atoms with Crippen molar-refractivity contribution in [3.05, 3.63) is 36.0 Å². The number of hydrogen-bond acceptors (Lipinski definition) is 4. The molecular weight excluding hydrogens is 336 g/mol. The lowest BCUT2D eigenvalue weighted by molar-refractivity contribution is -0.0562. The molecule has 1 saturated carbocycles. The molecule has 1 aromatic heterocycles. The first-order chi connectivity index (χ1) is 13.2. The van der Waals surface area contributed by atoms with E-state index < -0.39 is 6.10 Å². The standard InChI is InChI=1S/C23H30N2O2/c1-2-16-13-25-10-8-17(16)11-22(25)23(26)19-7-9-24-21-6-5-18(12-20(19)21)27-14-15-3-4-15/h5-7,9,12,15-17,22-23,26H,2-4,8,10-11,13-14H2,1H3/t16-,17-,22-,23+/m0/s1. The number of pyridine rings is 1. The molecule has 4 heterocycles. The summed E-state index contributed by atoms with van der Waals surface area (Å²) in [6.07, 6.45) is 7.60. The second kappa shape index (κ2) is 7.06. The zero-order chi connectivity index (χ0) is 18.4. The van der Waals surface area contributed by atoms with Crippen LogP contribution in [0.1, 0.15) is 50.7 Å². The molecule has 3 saturated heterocycles. The van der Waals surface area contributed by atoms with E-state index in [0.29, 0.717) is 0 Å². The molecule has 2 aromatic rings. The smallest absolute Gasteiger partial charge is 0.120 e. The summed E-state index contributed by atoms with van der Waals surface area (Å²) in [6.45, 7) is 5.38. The van der Waals surface area contributed by atoms with Crippen molar-refractivity contribution in [3.8, 4) is 5.75 Å². The Kier molecular flexibility index (Phi) is 4.57. The van der Waals surface area contributed by atoms with Crippen molar-refractivity contribution in [2.75, 3.05) is 19.7 Å². The van der Waals surface area contributed by atoms with Gasteiger partial charge < -0.3 is 9.84 Å². The lowest BCUT2D eigenvalue weighted by Crippen LogP contribution is -2.55. The number of nitrogens with zero attached hydrogens (tertiary/aromatic N) is 2. The predicted octanol–water partition coefficient (Wildman–Crippen LogP) is 4.18. The number of rotatable bonds is 6. The van der Waals surface area contributed by atoms with Gasteiger partial charge in [0.15, 0.2) is 0 Å². The monoisotopic (exact) mass is 366 g/mol. The second-order valence-electron chi connectivity index (χ2n) is 8.79. The zero-order valence-electron chi connectivity index (χ0n) is 16.2. The Hall–Kier alpha value is -1.65. The van der Waals surface area contributed by atoms with Gasteiger partial charge in [-0.3, -0.25) is 9.88 Å². The SMILES string of the molecule is CC[C@H]1CN2CC[C@H]1C[C@H]2[C@H](O)c1ccnc2ccc(OCC3CC3)cc12. The fraction of sp³-hybridized carbons (Fsp3) is 0.609. The largest absolute Gasteiger partial charge is 0.493 e. The fourth-order valence-electron chi connectivity index (χ4n) is 5.17. The molecule has 4 fully saturated rings. The van der Waals surface area contributed by atoms with E-state index in [0.717, 1.165) is 66.1 Å². The Bertz CT molecular complexity index is 819. The molecule has 3 aliphatic heterocycles. The quantitative estimate of drug-likeness (QED) is 0.833. The highest BCUT2D eigenvalue weighted by Crippen LogP contribution is 2.42. The van der Waals surface area contributed by atoms with Gasteiger partial charge in [0.25, 0.3) is 0 Å². The number of aliphatic hydroxyl groups excluding tert-OH is 1. The van der Waals surface area contributed by atoms with E-state index in [1.807, 2.05) is 24.4 Å². The van der Waals surface area contributed by atoms with Gasteiger partial charge in [-0.1, -0.05) is 13.3 Å². The predicted molar refractivity (Wildman–Crippen MR) is 107 cm³/mol. The maximum absolute atomic E-state index is 11.3. The lowest BCUT2D eigenvalue weighted by atomic mass is 9.72. The third kappa shape index (κ3) is 3.34.